The average molecular weight is 162 g/mol. The minimum Gasteiger partial charge on any atom is -0.385 e. The van der Waals surface area contributed by atoms with Crippen molar-refractivity contribution in [2.45, 2.75) is 39.1 Å². The van der Waals surface area contributed by atoms with E-state index in [2.05, 4.69) is 0 Å². The van der Waals surface area contributed by atoms with Crippen molar-refractivity contribution in [1.82, 2.24) is 0 Å². The van der Waals surface area contributed by atoms with E-state index in [1.807, 2.05) is 6.92 Å². The molecule has 1 unspecified atom stereocenters. The van der Waals surface area contributed by atoms with Crippen molar-refractivity contribution < 1.29 is 14.6 Å². The van der Waals surface area contributed by atoms with Crippen LogP contribution in [0.25, 0.3) is 0 Å². The fourth-order valence-electron chi connectivity index (χ4n) is 0.835. The molecule has 1 atom stereocenters. The lowest BCUT2D eigenvalue weighted by Crippen LogP contribution is -2.29. The first-order chi connectivity index (χ1) is 4.95. The molecule has 0 aromatic heterocycles. The Morgan fingerprint density at radius 2 is 2.00 bits per heavy atom. The second-order valence-corrected chi connectivity index (χ2v) is 3.16. The average Bonchev–Trinajstić information content (AvgIpc) is 1.79. The molecule has 0 heterocycles. The summed E-state index contributed by atoms with van der Waals surface area (Å²) in [7, 11) is 1.65. The van der Waals surface area contributed by atoms with E-state index in [9.17, 15) is 5.11 Å². The zero-order chi connectivity index (χ0) is 8.91. The van der Waals surface area contributed by atoms with Gasteiger partial charge in [-0.3, -0.25) is 0 Å². The summed E-state index contributed by atoms with van der Waals surface area (Å²) in [5.41, 5.74) is 0. The highest BCUT2D eigenvalue weighted by Crippen LogP contribution is 2.09. The maximum Gasteiger partial charge on any atom is 0.160 e. The van der Waals surface area contributed by atoms with Gasteiger partial charge >= 0.3 is 0 Å². The molecule has 0 saturated heterocycles. The van der Waals surface area contributed by atoms with Crippen molar-refractivity contribution in [3.05, 3.63) is 0 Å². The molecule has 0 aliphatic heterocycles. The number of aliphatic hydroxyl groups is 1. The van der Waals surface area contributed by atoms with Gasteiger partial charge in [0.15, 0.2) is 5.79 Å². The summed E-state index contributed by atoms with van der Waals surface area (Å²) < 4.78 is 10.1. The van der Waals surface area contributed by atoms with Crippen LogP contribution in [-0.2, 0) is 9.47 Å². The molecule has 68 valence electrons. The smallest absolute Gasteiger partial charge is 0.160 e. The van der Waals surface area contributed by atoms with Crippen molar-refractivity contribution in [2.24, 2.45) is 0 Å². The Hall–Kier alpha value is -0.120. The molecular weight excluding hydrogens is 144 g/mol. The van der Waals surface area contributed by atoms with Crippen LogP contribution < -0.4 is 0 Å². The van der Waals surface area contributed by atoms with Crippen molar-refractivity contribution in [1.29, 1.82) is 0 Å². The number of rotatable bonds is 5. The Labute approximate surface area is 68.3 Å². The Kier molecular flexibility index (Phi) is 4.65. The van der Waals surface area contributed by atoms with E-state index in [1.54, 1.807) is 21.0 Å². The molecule has 0 radical (unpaired) electrons. The molecule has 11 heavy (non-hydrogen) atoms. The maximum atomic E-state index is 9.22. The summed E-state index contributed by atoms with van der Waals surface area (Å²) in [4.78, 5) is 0. The third-order valence-electron chi connectivity index (χ3n) is 1.22. The molecule has 0 spiro atoms. The third-order valence-corrected chi connectivity index (χ3v) is 1.22. The first-order valence-corrected chi connectivity index (χ1v) is 3.85. The molecule has 0 aliphatic rings. The van der Waals surface area contributed by atoms with Gasteiger partial charge in [-0.25, -0.2) is 0 Å². The largest absolute Gasteiger partial charge is 0.385 e. The summed E-state index contributed by atoms with van der Waals surface area (Å²) in [6, 6.07) is 0. The molecule has 0 amide bonds. The fraction of sp³-hybridized carbons (Fsp3) is 1.00. The highest BCUT2D eigenvalue weighted by molar-refractivity contribution is 4.55. The standard InChI is InChI=1S/C8H18O3/c1-7(5-6-10-4)11-8(2,3)9/h7,9H,5-6H2,1-4H3. The van der Waals surface area contributed by atoms with Crippen LogP contribution in [0.5, 0.6) is 0 Å². The predicted molar refractivity (Wildman–Crippen MR) is 43.3 cm³/mol. The summed E-state index contributed by atoms with van der Waals surface area (Å²) in [5.74, 6) is -1.03. The van der Waals surface area contributed by atoms with Gasteiger partial charge in [0.05, 0.1) is 6.10 Å². The Bertz CT molecular complexity index is 96.0. The van der Waals surface area contributed by atoms with Crippen molar-refractivity contribution in [2.75, 3.05) is 13.7 Å². The van der Waals surface area contributed by atoms with Gasteiger partial charge in [-0.2, -0.15) is 0 Å². The number of ether oxygens (including phenoxy) is 2. The Morgan fingerprint density at radius 1 is 1.45 bits per heavy atom. The monoisotopic (exact) mass is 162 g/mol. The van der Waals surface area contributed by atoms with Crippen LogP contribution in [0.2, 0.25) is 0 Å². The first kappa shape index (κ1) is 10.9. The second kappa shape index (κ2) is 4.70. The van der Waals surface area contributed by atoms with Gasteiger partial charge in [0.25, 0.3) is 0 Å². The maximum absolute atomic E-state index is 9.22. The molecular formula is C8H18O3. The van der Waals surface area contributed by atoms with E-state index in [-0.39, 0.29) is 6.10 Å². The Balaban J connectivity index is 3.44. The number of hydrogen-bond donors (Lipinski definition) is 1. The quantitative estimate of drug-likeness (QED) is 0.616. The lowest BCUT2D eigenvalue weighted by atomic mass is 10.3. The van der Waals surface area contributed by atoms with E-state index in [0.29, 0.717) is 6.61 Å². The molecule has 0 aromatic carbocycles. The lowest BCUT2D eigenvalue weighted by molar-refractivity contribution is -0.203. The van der Waals surface area contributed by atoms with Gasteiger partial charge in [-0.1, -0.05) is 0 Å². The van der Waals surface area contributed by atoms with Crippen molar-refractivity contribution in [3.8, 4) is 0 Å². The summed E-state index contributed by atoms with van der Waals surface area (Å²) in [5, 5.41) is 9.22. The zero-order valence-electron chi connectivity index (χ0n) is 7.76. The molecule has 1 N–H and O–H groups in total. The van der Waals surface area contributed by atoms with E-state index in [4.69, 9.17) is 9.47 Å². The highest BCUT2D eigenvalue weighted by atomic mass is 16.6. The normalized spacial score (nSPS) is 15.0. The van der Waals surface area contributed by atoms with Gasteiger partial charge in [0.2, 0.25) is 0 Å². The number of methoxy groups -OCH3 is 1. The van der Waals surface area contributed by atoms with Gasteiger partial charge < -0.3 is 14.6 Å². The minimum atomic E-state index is -1.03. The zero-order valence-corrected chi connectivity index (χ0v) is 7.76. The highest BCUT2D eigenvalue weighted by Gasteiger charge is 2.16. The van der Waals surface area contributed by atoms with Gasteiger partial charge in [0.1, 0.15) is 0 Å². The van der Waals surface area contributed by atoms with Crippen LogP contribution in [0.4, 0.5) is 0 Å². The molecule has 0 aliphatic carbocycles. The first-order valence-electron chi connectivity index (χ1n) is 3.85. The molecule has 0 saturated carbocycles. The van der Waals surface area contributed by atoms with E-state index in [1.165, 1.54) is 0 Å². The predicted octanol–water partition coefficient (Wildman–Crippen LogP) is 1.16. The molecule has 0 fully saturated rings. The van der Waals surface area contributed by atoms with Crippen LogP contribution in [0.3, 0.4) is 0 Å². The summed E-state index contributed by atoms with van der Waals surface area (Å²) in [6.45, 7) is 5.82. The molecule has 0 bridgehead atoms. The molecule has 3 heteroatoms. The van der Waals surface area contributed by atoms with E-state index in [0.717, 1.165) is 6.42 Å². The van der Waals surface area contributed by atoms with Crippen LogP contribution in [-0.4, -0.2) is 30.7 Å². The van der Waals surface area contributed by atoms with Gasteiger partial charge in [-0.05, 0) is 27.2 Å². The van der Waals surface area contributed by atoms with Crippen molar-refractivity contribution >= 4 is 0 Å². The fourth-order valence-corrected chi connectivity index (χ4v) is 0.835. The topological polar surface area (TPSA) is 38.7 Å². The second-order valence-electron chi connectivity index (χ2n) is 3.16. The van der Waals surface area contributed by atoms with Gasteiger partial charge in [0, 0.05) is 13.7 Å². The van der Waals surface area contributed by atoms with Gasteiger partial charge in [-0.15, -0.1) is 0 Å². The Morgan fingerprint density at radius 3 is 2.36 bits per heavy atom. The SMILES string of the molecule is COCCC(C)OC(C)(C)O. The van der Waals surface area contributed by atoms with E-state index >= 15 is 0 Å². The third kappa shape index (κ3) is 7.78. The summed E-state index contributed by atoms with van der Waals surface area (Å²) in [6.07, 6.45) is 0.843. The minimum absolute atomic E-state index is 0.0370. The van der Waals surface area contributed by atoms with Crippen LogP contribution >= 0.6 is 0 Å². The summed E-state index contributed by atoms with van der Waals surface area (Å²) >= 11 is 0. The van der Waals surface area contributed by atoms with E-state index < -0.39 is 5.79 Å². The van der Waals surface area contributed by atoms with Crippen molar-refractivity contribution in [3.63, 3.8) is 0 Å². The van der Waals surface area contributed by atoms with Crippen LogP contribution in [0.15, 0.2) is 0 Å². The number of hydrogen-bond acceptors (Lipinski definition) is 3. The molecule has 0 aromatic rings. The molecule has 0 rings (SSSR count). The lowest BCUT2D eigenvalue weighted by Gasteiger charge is -2.23. The molecule has 3 nitrogen and oxygen atoms in total. The van der Waals surface area contributed by atoms with Crippen LogP contribution in [0.1, 0.15) is 27.2 Å². The van der Waals surface area contributed by atoms with Crippen LogP contribution in [0, 0.1) is 0 Å².